The molecule has 0 radical (unpaired) electrons. The van der Waals surface area contributed by atoms with Crippen molar-refractivity contribution in [3.63, 3.8) is 0 Å². The minimum absolute atomic E-state index is 0.00972. The van der Waals surface area contributed by atoms with Crippen LogP contribution in [-0.2, 0) is 0 Å². The summed E-state index contributed by atoms with van der Waals surface area (Å²) in [7, 11) is 0. The summed E-state index contributed by atoms with van der Waals surface area (Å²) in [5, 5.41) is 9.71. The van der Waals surface area contributed by atoms with Crippen LogP contribution in [0.25, 0.3) is 11.1 Å². The molecular weight excluding hydrogens is 205 g/mol. The molecule has 0 bridgehead atoms. The summed E-state index contributed by atoms with van der Waals surface area (Å²) < 4.78 is 13.8. The normalized spacial score (nSPS) is 10.4. The van der Waals surface area contributed by atoms with Gasteiger partial charge in [-0.05, 0) is 24.6 Å². The molecular formula is C13H12FNO. The van der Waals surface area contributed by atoms with E-state index in [1.54, 1.807) is 37.3 Å². The minimum Gasteiger partial charge on any atom is -0.507 e. The zero-order valence-electron chi connectivity index (χ0n) is 8.87. The highest BCUT2D eigenvalue weighted by molar-refractivity contribution is 5.73. The highest BCUT2D eigenvalue weighted by Crippen LogP contribution is 2.33. The third-order valence-electron chi connectivity index (χ3n) is 2.50. The van der Waals surface area contributed by atoms with Gasteiger partial charge in [-0.25, -0.2) is 4.39 Å². The molecule has 0 saturated heterocycles. The number of aryl methyl sites for hydroxylation is 1. The van der Waals surface area contributed by atoms with Gasteiger partial charge in [0.1, 0.15) is 11.6 Å². The van der Waals surface area contributed by atoms with Crippen molar-refractivity contribution in [1.29, 1.82) is 0 Å². The van der Waals surface area contributed by atoms with Gasteiger partial charge in [-0.2, -0.15) is 0 Å². The number of hydrogen-bond donors (Lipinski definition) is 2. The van der Waals surface area contributed by atoms with Crippen molar-refractivity contribution in [3.05, 3.63) is 47.8 Å². The van der Waals surface area contributed by atoms with E-state index >= 15 is 0 Å². The Balaban J connectivity index is 2.63. The van der Waals surface area contributed by atoms with E-state index in [4.69, 9.17) is 5.73 Å². The number of phenolic OH excluding ortho intramolecular Hbond substituents is 1. The summed E-state index contributed by atoms with van der Waals surface area (Å²) in [5.74, 6) is -0.327. The van der Waals surface area contributed by atoms with Gasteiger partial charge < -0.3 is 10.8 Å². The number of rotatable bonds is 1. The molecule has 0 saturated carbocycles. The molecule has 0 fully saturated rings. The van der Waals surface area contributed by atoms with Crippen LogP contribution in [0.3, 0.4) is 0 Å². The summed E-state index contributed by atoms with van der Waals surface area (Å²) in [6.07, 6.45) is 0. The van der Waals surface area contributed by atoms with E-state index in [1.807, 2.05) is 0 Å². The van der Waals surface area contributed by atoms with Crippen molar-refractivity contribution < 1.29 is 9.50 Å². The zero-order chi connectivity index (χ0) is 11.7. The topological polar surface area (TPSA) is 46.2 Å². The van der Waals surface area contributed by atoms with E-state index in [1.165, 1.54) is 6.07 Å². The number of phenols is 1. The molecule has 2 aromatic rings. The first-order chi connectivity index (χ1) is 7.59. The van der Waals surface area contributed by atoms with Crippen LogP contribution in [0.2, 0.25) is 0 Å². The van der Waals surface area contributed by atoms with Gasteiger partial charge in [0.15, 0.2) is 0 Å². The molecule has 0 heterocycles. The number of nitrogens with two attached hydrogens (primary N) is 1. The number of nitrogen functional groups attached to an aromatic ring is 1. The lowest BCUT2D eigenvalue weighted by atomic mass is 10.0. The van der Waals surface area contributed by atoms with Crippen LogP contribution in [-0.4, -0.2) is 5.11 Å². The van der Waals surface area contributed by atoms with Crippen molar-refractivity contribution in [2.75, 3.05) is 5.73 Å². The first-order valence-corrected chi connectivity index (χ1v) is 4.93. The van der Waals surface area contributed by atoms with Crippen LogP contribution in [0.1, 0.15) is 5.56 Å². The Morgan fingerprint density at radius 2 is 1.88 bits per heavy atom. The molecule has 0 aliphatic heterocycles. The molecule has 0 unspecified atom stereocenters. The molecule has 3 N–H and O–H groups in total. The van der Waals surface area contributed by atoms with Crippen LogP contribution >= 0.6 is 0 Å². The van der Waals surface area contributed by atoms with E-state index < -0.39 is 0 Å². The summed E-state index contributed by atoms with van der Waals surface area (Å²) in [5.41, 5.74) is 7.36. The van der Waals surface area contributed by atoms with E-state index in [2.05, 4.69) is 0 Å². The Labute approximate surface area is 93.2 Å². The molecule has 2 nitrogen and oxygen atoms in total. The van der Waals surface area contributed by atoms with Gasteiger partial charge in [0, 0.05) is 22.9 Å². The highest BCUT2D eigenvalue weighted by atomic mass is 19.1. The molecule has 16 heavy (non-hydrogen) atoms. The van der Waals surface area contributed by atoms with Crippen LogP contribution in [0, 0.1) is 12.7 Å². The Hall–Kier alpha value is -2.03. The van der Waals surface area contributed by atoms with Gasteiger partial charge in [0.25, 0.3) is 0 Å². The summed E-state index contributed by atoms with van der Waals surface area (Å²) >= 11 is 0. The van der Waals surface area contributed by atoms with Crippen LogP contribution in [0.4, 0.5) is 10.1 Å². The third kappa shape index (κ3) is 1.72. The lowest BCUT2D eigenvalue weighted by Crippen LogP contribution is -1.90. The first-order valence-electron chi connectivity index (χ1n) is 4.93. The minimum atomic E-state index is -0.317. The lowest BCUT2D eigenvalue weighted by Gasteiger charge is -2.08. The predicted octanol–water partition coefficient (Wildman–Crippen LogP) is 3.09. The maximum atomic E-state index is 13.8. The summed E-state index contributed by atoms with van der Waals surface area (Å²) in [4.78, 5) is 0. The fourth-order valence-electron chi connectivity index (χ4n) is 1.63. The summed E-state index contributed by atoms with van der Waals surface area (Å²) in [6.45, 7) is 1.69. The second-order valence-electron chi connectivity index (χ2n) is 3.71. The molecule has 0 atom stereocenters. The molecule has 2 aromatic carbocycles. The molecule has 0 aliphatic rings. The van der Waals surface area contributed by atoms with Crippen molar-refractivity contribution in [2.24, 2.45) is 0 Å². The number of hydrogen-bond acceptors (Lipinski definition) is 2. The van der Waals surface area contributed by atoms with E-state index in [0.29, 0.717) is 22.4 Å². The third-order valence-corrected chi connectivity index (χ3v) is 2.50. The van der Waals surface area contributed by atoms with Crippen LogP contribution in [0.5, 0.6) is 5.75 Å². The van der Waals surface area contributed by atoms with Crippen molar-refractivity contribution in [1.82, 2.24) is 0 Å². The molecule has 0 spiro atoms. The second-order valence-corrected chi connectivity index (χ2v) is 3.71. The van der Waals surface area contributed by atoms with Gasteiger partial charge in [0.05, 0.1) is 0 Å². The van der Waals surface area contributed by atoms with E-state index in [9.17, 15) is 9.50 Å². The predicted molar refractivity (Wildman–Crippen MR) is 62.7 cm³/mol. The van der Waals surface area contributed by atoms with E-state index in [0.717, 1.165) is 0 Å². The molecule has 2 rings (SSSR count). The number of halogens is 1. The maximum Gasteiger partial charge on any atom is 0.134 e. The van der Waals surface area contributed by atoms with Gasteiger partial charge in [-0.15, -0.1) is 0 Å². The van der Waals surface area contributed by atoms with Crippen LogP contribution < -0.4 is 5.73 Å². The quantitative estimate of drug-likeness (QED) is 0.721. The molecule has 0 aromatic heterocycles. The van der Waals surface area contributed by atoms with E-state index in [-0.39, 0.29) is 11.6 Å². The van der Waals surface area contributed by atoms with Crippen molar-refractivity contribution in [3.8, 4) is 16.9 Å². The second kappa shape index (κ2) is 3.85. The monoisotopic (exact) mass is 217 g/mol. The SMILES string of the molecule is Cc1cccc(-c2ccc(N)cc2O)c1F. The van der Waals surface area contributed by atoms with Gasteiger partial charge in [-0.3, -0.25) is 0 Å². The lowest BCUT2D eigenvalue weighted by molar-refractivity contribution is 0.477. The standard InChI is InChI=1S/C13H12FNO/c1-8-3-2-4-11(13(8)14)10-6-5-9(15)7-12(10)16/h2-7,16H,15H2,1H3. The molecule has 3 heteroatoms. The number of aromatic hydroxyl groups is 1. The van der Waals surface area contributed by atoms with Gasteiger partial charge >= 0.3 is 0 Å². The molecule has 0 amide bonds. The smallest absolute Gasteiger partial charge is 0.134 e. The van der Waals surface area contributed by atoms with Crippen molar-refractivity contribution in [2.45, 2.75) is 6.92 Å². The van der Waals surface area contributed by atoms with Gasteiger partial charge in [0.2, 0.25) is 0 Å². The number of benzene rings is 2. The fraction of sp³-hybridized carbons (Fsp3) is 0.0769. The number of anilines is 1. The van der Waals surface area contributed by atoms with Crippen LogP contribution in [0.15, 0.2) is 36.4 Å². The molecule has 0 aliphatic carbocycles. The fourth-order valence-corrected chi connectivity index (χ4v) is 1.63. The zero-order valence-corrected chi connectivity index (χ0v) is 8.87. The Kier molecular flexibility index (Phi) is 2.52. The maximum absolute atomic E-state index is 13.8. The Morgan fingerprint density at radius 1 is 1.12 bits per heavy atom. The molecule has 82 valence electrons. The highest BCUT2D eigenvalue weighted by Gasteiger charge is 2.10. The summed E-state index contributed by atoms with van der Waals surface area (Å²) in [6, 6.07) is 9.74. The van der Waals surface area contributed by atoms with Gasteiger partial charge in [-0.1, -0.05) is 18.2 Å². The Bertz CT molecular complexity index is 537. The average molecular weight is 217 g/mol. The van der Waals surface area contributed by atoms with Crippen molar-refractivity contribution >= 4 is 5.69 Å². The Morgan fingerprint density at radius 3 is 2.56 bits per heavy atom. The largest absolute Gasteiger partial charge is 0.507 e. The first kappa shape index (κ1) is 10.5. The average Bonchev–Trinajstić information content (AvgIpc) is 2.23.